The van der Waals surface area contributed by atoms with Crippen LogP contribution in [0.3, 0.4) is 0 Å². The number of amides is 1. The molecule has 2 aromatic carbocycles. The highest BCUT2D eigenvalue weighted by Gasteiger charge is 2.14. The molecule has 28 heavy (non-hydrogen) atoms. The summed E-state index contributed by atoms with van der Waals surface area (Å²) in [7, 11) is 0. The summed E-state index contributed by atoms with van der Waals surface area (Å²) < 4.78 is 14.3. The molecular weight excluding hydrogens is 624 g/mol. The molecular formula is C19H12Br4N2O3. The molecule has 0 atom stereocenters. The number of ether oxygens (including phenoxy) is 1. The van der Waals surface area contributed by atoms with Crippen LogP contribution in [0.2, 0.25) is 0 Å². The quantitative estimate of drug-likeness (QED) is 0.184. The van der Waals surface area contributed by atoms with E-state index in [-0.39, 0.29) is 5.76 Å². The second kappa shape index (κ2) is 9.39. The fourth-order valence-electron chi connectivity index (χ4n) is 2.34. The number of hydrazone groups is 1. The van der Waals surface area contributed by atoms with E-state index in [9.17, 15) is 4.79 Å². The molecule has 0 spiro atoms. The first-order valence-electron chi connectivity index (χ1n) is 7.83. The number of nitrogens with one attached hydrogen (secondary N) is 1. The topological polar surface area (TPSA) is 63.8 Å². The molecule has 3 aromatic rings. The van der Waals surface area contributed by atoms with Crippen molar-refractivity contribution in [3.8, 4) is 5.75 Å². The van der Waals surface area contributed by atoms with Crippen molar-refractivity contribution in [2.75, 3.05) is 6.61 Å². The number of nitrogens with zero attached hydrogens (tertiary/aromatic N) is 1. The summed E-state index contributed by atoms with van der Waals surface area (Å²) in [4.78, 5) is 12.3. The highest BCUT2D eigenvalue weighted by atomic mass is 79.9. The predicted octanol–water partition coefficient (Wildman–Crippen LogP) is 6.81. The number of benzene rings is 2. The van der Waals surface area contributed by atoms with Gasteiger partial charge in [-0.25, -0.2) is 5.43 Å². The minimum Gasteiger partial charge on any atom is -0.487 e. The Hall–Kier alpha value is -1.42. The molecule has 144 valence electrons. The van der Waals surface area contributed by atoms with Crippen molar-refractivity contribution in [2.45, 2.75) is 0 Å². The first-order valence-corrected chi connectivity index (χ1v) is 11.0. The average Bonchev–Trinajstić information content (AvgIpc) is 3.05. The van der Waals surface area contributed by atoms with Gasteiger partial charge in [-0.2, -0.15) is 5.10 Å². The molecule has 0 aliphatic rings. The monoisotopic (exact) mass is 632 g/mol. The van der Waals surface area contributed by atoms with E-state index in [1.54, 1.807) is 12.1 Å². The summed E-state index contributed by atoms with van der Waals surface area (Å²) in [6, 6.07) is 9.04. The van der Waals surface area contributed by atoms with Gasteiger partial charge >= 0.3 is 5.91 Å². The molecule has 0 unspecified atom stereocenters. The predicted molar refractivity (Wildman–Crippen MR) is 124 cm³/mol. The zero-order chi connectivity index (χ0) is 20.3. The molecule has 0 saturated carbocycles. The van der Waals surface area contributed by atoms with E-state index in [1.807, 2.05) is 24.3 Å². The fourth-order valence-corrected chi connectivity index (χ4v) is 5.13. The summed E-state index contributed by atoms with van der Waals surface area (Å²) in [6.07, 6.45) is 3.19. The number of fused-ring (bicyclic) bond motifs is 1. The molecule has 0 radical (unpaired) electrons. The smallest absolute Gasteiger partial charge is 0.307 e. The number of furan rings is 1. The molecule has 1 aromatic heterocycles. The average molecular weight is 636 g/mol. The molecule has 0 fully saturated rings. The van der Waals surface area contributed by atoms with E-state index in [2.05, 4.69) is 80.8 Å². The Morgan fingerprint density at radius 1 is 1.11 bits per heavy atom. The Kier molecular flexibility index (Phi) is 7.14. The van der Waals surface area contributed by atoms with E-state index in [0.717, 1.165) is 28.8 Å². The summed E-state index contributed by atoms with van der Waals surface area (Å²) in [5.74, 6) is 0.390. The molecule has 5 nitrogen and oxygen atoms in total. The normalized spacial score (nSPS) is 11.1. The van der Waals surface area contributed by atoms with Crippen LogP contribution in [0.4, 0.5) is 0 Å². The highest BCUT2D eigenvalue weighted by Crippen LogP contribution is 2.34. The van der Waals surface area contributed by atoms with E-state index < -0.39 is 5.91 Å². The molecule has 1 N–H and O–H groups in total. The van der Waals surface area contributed by atoms with Crippen molar-refractivity contribution in [1.29, 1.82) is 0 Å². The third kappa shape index (κ3) is 4.94. The molecule has 9 heteroatoms. The standard InChI is InChI=1S/C19H12Br4N2O3/c1-2-3-27-18-13(21)4-10(5-14(18)22)9-24-25-19(26)16-7-11-6-12(20)8-15(23)17(11)28-16/h2,4-9H,1,3H2,(H,25,26)/b24-9+. The molecule has 1 amide bonds. The lowest BCUT2D eigenvalue weighted by Gasteiger charge is -2.09. The van der Waals surface area contributed by atoms with Crippen molar-refractivity contribution < 1.29 is 13.9 Å². The molecule has 0 bridgehead atoms. The van der Waals surface area contributed by atoms with Crippen LogP contribution in [0.25, 0.3) is 11.0 Å². The van der Waals surface area contributed by atoms with Gasteiger partial charge in [0.2, 0.25) is 0 Å². The van der Waals surface area contributed by atoms with Gasteiger partial charge in [0, 0.05) is 9.86 Å². The maximum absolute atomic E-state index is 12.3. The van der Waals surface area contributed by atoms with Crippen LogP contribution in [0.1, 0.15) is 16.1 Å². The van der Waals surface area contributed by atoms with Gasteiger partial charge in [0.1, 0.15) is 17.9 Å². The third-order valence-electron chi connectivity index (χ3n) is 3.51. The van der Waals surface area contributed by atoms with Gasteiger partial charge in [-0.1, -0.05) is 28.6 Å². The Labute approximate surface area is 194 Å². The minimum absolute atomic E-state index is 0.168. The van der Waals surface area contributed by atoms with Crippen LogP contribution >= 0.6 is 63.7 Å². The maximum Gasteiger partial charge on any atom is 0.307 e. The first kappa shape index (κ1) is 21.3. The Morgan fingerprint density at radius 3 is 2.50 bits per heavy atom. The molecule has 1 heterocycles. The van der Waals surface area contributed by atoms with Crippen molar-refractivity contribution in [3.63, 3.8) is 0 Å². The van der Waals surface area contributed by atoms with Crippen LogP contribution < -0.4 is 10.2 Å². The first-order chi connectivity index (χ1) is 13.4. The summed E-state index contributed by atoms with van der Waals surface area (Å²) in [5, 5.41) is 4.80. The van der Waals surface area contributed by atoms with E-state index >= 15 is 0 Å². The van der Waals surface area contributed by atoms with Crippen LogP contribution in [0, 0.1) is 0 Å². The van der Waals surface area contributed by atoms with Gasteiger partial charge in [0.15, 0.2) is 5.76 Å². The van der Waals surface area contributed by atoms with Crippen LogP contribution in [0.5, 0.6) is 5.75 Å². The molecule has 0 aliphatic heterocycles. The van der Waals surface area contributed by atoms with E-state index in [1.165, 1.54) is 6.21 Å². The van der Waals surface area contributed by atoms with Crippen molar-refractivity contribution in [1.82, 2.24) is 5.43 Å². The van der Waals surface area contributed by atoms with Gasteiger partial charge < -0.3 is 9.15 Å². The third-order valence-corrected chi connectivity index (χ3v) is 5.73. The fraction of sp³-hybridized carbons (Fsp3) is 0.0526. The number of hydrogen-bond acceptors (Lipinski definition) is 4. The van der Waals surface area contributed by atoms with Gasteiger partial charge in [-0.15, -0.1) is 0 Å². The number of rotatable bonds is 6. The second-order valence-corrected chi connectivity index (χ2v) is 9.01. The zero-order valence-corrected chi connectivity index (χ0v) is 20.5. The van der Waals surface area contributed by atoms with Crippen LogP contribution in [-0.4, -0.2) is 18.7 Å². The van der Waals surface area contributed by atoms with E-state index in [0.29, 0.717) is 17.9 Å². The minimum atomic E-state index is -0.445. The Bertz CT molecular complexity index is 1070. The highest BCUT2D eigenvalue weighted by molar-refractivity contribution is 9.11. The number of hydrogen-bond donors (Lipinski definition) is 1. The van der Waals surface area contributed by atoms with Gasteiger partial charge in [-0.05, 0) is 83.7 Å². The Balaban J connectivity index is 1.73. The second-order valence-electron chi connectivity index (χ2n) is 5.53. The van der Waals surface area contributed by atoms with Gasteiger partial charge in [0.05, 0.1) is 19.6 Å². The number of carbonyl (C=O) groups is 1. The lowest BCUT2D eigenvalue weighted by Crippen LogP contribution is -2.16. The number of carbonyl (C=O) groups excluding carboxylic acids is 1. The SMILES string of the molecule is C=CCOc1c(Br)cc(/C=N/NC(=O)c2cc3cc(Br)cc(Br)c3o2)cc1Br. The van der Waals surface area contributed by atoms with Crippen molar-refractivity contribution in [2.24, 2.45) is 5.10 Å². The molecule has 0 aliphatic carbocycles. The number of halogens is 4. The van der Waals surface area contributed by atoms with Gasteiger partial charge in [0.25, 0.3) is 0 Å². The summed E-state index contributed by atoms with van der Waals surface area (Å²) in [5.41, 5.74) is 3.83. The lowest BCUT2D eigenvalue weighted by molar-refractivity contribution is 0.0929. The maximum atomic E-state index is 12.3. The van der Waals surface area contributed by atoms with Crippen molar-refractivity contribution >= 4 is 86.8 Å². The summed E-state index contributed by atoms with van der Waals surface area (Å²) >= 11 is 13.7. The summed E-state index contributed by atoms with van der Waals surface area (Å²) in [6.45, 7) is 4.02. The zero-order valence-electron chi connectivity index (χ0n) is 14.1. The lowest BCUT2D eigenvalue weighted by atomic mass is 10.2. The van der Waals surface area contributed by atoms with Crippen molar-refractivity contribution in [3.05, 3.63) is 72.2 Å². The van der Waals surface area contributed by atoms with E-state index in [4.69, 9.17) is 9.15 Å². The van der Waals surface area contributed by atoms with Crippen LogP contribution in [-0.2, 0) is 0 Å². The van der Waals surface area contributed by atoms with Crippen LogP contribution in [0.15, 0.2) is 70.4 Å². The Morgan fingerprint density at radius 2 is 1.82 bits per heavy atom. The largest absolute Gasteiger partial charge is 0.487 e. The van der Waals surface area contributed by atoms with Gasteiger partial charge in [-0.3, -0.25) is 4.79 Å². The molecule has 3 rings (SSSR count). The molecule has 0 saturated heterocycles.